The molecule has 0 spiro atoms. The normalized spacial score (nSPS) is 13.0. The SMILES string of the molecule is O=[N+]([O-])c1cnn2c1-c1c(Cl)cccc1CC2. The van der Waals surface area contributed by atoms with Crippen LogP contribution in [-0.4, -0.2) is 14.7 Å². The Hall–Kier alpha value is -1.88. The Morgan fingerprint density at radius 1 is 1.47 bits per heavy atom. The number of hydrogen-bond donors (Lipinski definition) is 0. The van der Waals surface area contributed by atoms with Crippen molar-refractivity contribution in [3.05, 3.63) is 45.1 Å². The molecular formula is C11H8ClN3O2. The second kappa shape index (κ2) is 3.56. The monoisotopic (exact) mass is 249 g/mol. The van der Waals surface area contributed by atoms with Gasteiger partial charge in [0.15, 0.2) is 0 Å². The minimum atomic E-state index is -0.419. The molecule has 1 aliphatic heterocycles. The molecule has 0 N–H and O–H groups in total. The van der Waals surface area contributed by atoms with Gasteiger partial charge in [-0.1, -0.05) is 23.7 Å². The number of nitrogens with zero attached hydrogens (tertiary/aromatic N) is 3. The number of fused-ring (bicyclic) bond motifs is 3. The molecule has 0 fully saturated rings. The summed E-state index contributed by atoms with van der Waals surface area (Å²) in [7, 11) is 0. The zero-order chi connectivity index (χ0) is 12.0. The summed E-state index contributed by atoms with van der Waals surface area (Å²) in [6.07, 6.45) is 2.08. The number of nitro groups is 1. The van der Waals surface area contributed by atoms with Crippen LogP contribution in [-0.2, 0) is 13.0 Å². The summed E-state index contributed by atoms with van der Waals surface area (Å²) in [4.78, 5) is 10.5. The second-order valence-electron chi connectivity index (χ2n) is 3.88. The fourth-order valence-corrected chi connectivity index (χ4v) is 2.49. The first-order valence-corrected chi connectivity index (χ1v) is 5.54. The summed E-state index contributed by atoms with van der Waals surface area (Å²) in [5.74, 6) is 0. The van der Waals surface area contributed by atoms with Crippen molar-refractivity contribution in [1.29, 1.82) is 0 Å². The minimum Gasteiger partial charge on any atom is -0.258 e. The molecule has 0 amide bonds. The van der Waals surface area contributed by atoms with Crippen LogP contribution in [0.1, 0.15) is 5.56 Å². The third-order valence-electron chi connectivity index (χ3n) is 2.95. The van der Waals surface area contributed by atoms with E-state index in [1.807, 2.05) is 12.1 Å². The fourth-order valence-electron chi connectivity index (χ4n) is 2.20. The maximum atomic E-state index is 11.0. The van der Waals surface area contributed by atoms with Gasteiger partial charge in [-0.2, -0.15) is 5.10 Å². The number of aryl methyl sites for hydroxylation is 2. The highest BCUT2D eigenvalue weighted by Gasteiger charge is 2.28. The van der Waals surface area contributed by atoms with Crippen LogP contribution in [0.3, 0.4) is 0 Å². The van der Waals surface area contributed by atoms with E-state index in [1.54, 1.807) is 10.7 Å². The molecule has 0 unspecified atom stereocenters. The minimum absolute atomic E-state index is 0.0130. The molecule has 0 radical (unpaired) electrons. The highest BCUT2D eigenvalue weighted by atomic mass is 35.5. The molecule has 0 saturated heterocycles. The summed E-state index contributed by atoms with van der Waals surface area (Å²) in [5.41, 5.74) is 2.30. The van der Waals surface area contributed by atoms with Gasteiger partial charge in [0.1, 0.15) is 11.9 Å². The summed E-state index contributed by atoms with van der Waals surface area (Å²) >= 11 is 6.14. The van der Waals surface area contributed by atoms with Crippen LogP contribution >= 0.6 is 11.6 Å². The van der Waals surface area contributed by atoms with Crippen molar-refractivity contribution in [3.8, 4) is 11.3 Å². The Morgan fingerprint density at radius 2 is 2.29 bits per heavy atom. The summed E-state index contributed by atoms with van der Waals surface area (Å²) < 4.78 is 1.65. The molecule has 2 aromatic rings. The molecule has 6 heteroatoms. The molecule has 0 saturated carbocycles. The van der Waals surface area contributed by atoms with E-state index in [9.17, 15) is 10.1 Å². The first-order chi connectivity index (χ1) is 8.18. The predicted octanol–water partition coefficient (Wildman–Crippen LogP) is 2.67. The molecule has 0 atom stereocenters. The van der Waals surface area contributed by atoms with Crippen LogP contribution in [0.25, 0.3) is 11.3 Å². The van der Waals surface area contributed by atoms with Crippen molar-refractivity contribution < 1.29 is 4.92 Å². The third-order valence-corrected chi connectivity index (χ3v) is 3.26. The van der Waals surface area contributed by atoms with Crippen LogP contribution in [0.4, 0.5) is 5.69 Å². The van der Waals surface area contributed by atoms with Crippen molar-refractivity contribution in [3.63, 3.8) is 0 Å². The molecular weight excluding hydrogens is 242 g/mol. The topological polar surface area (TPSA) is 61.0 Å². The maximum absolute atomic E-state index is 11.0. The molecule has 0 aliphatic carbocycles. The average Bonchev–Trinajstić information content (AvgIpc) is 2.72. The third kappa shape index (κ3) is 1.43. The lowest BCUT2D eigenvalue weighted by molar-refractivity contribution is -0.384. The van der Waals surface area contributed by atoms with Gasteiger partial charge in [0.2, 0.25) is 0 Å². The molecule has 86 valence electrons. The van der Waals surface area contributed by atoms with Crippen molar-refractivity contribution in [2.75, 3.05) is 0 Å². The average molecular weight is 250 g/mol. The Morgan fingerprint density at radius 3 is 3.06 bits per heavy atom. The lowest BCUT2D eigenvalue weighted by Crippen LogP contribution is -2.12. The number of hydrogen-bond acceptors (Lipinski definition) is 3. The Labute approximate surface area is 102 Å². The van der Waals surface area contributed by atoms with Gasteiger partial charge in [-0.3, -0.25) is 14.8 Å². The number of halogens is 1. The lowest BCUT2D eigenvalue weighted by Gasteiger charge is -2.18. The van der Waals surface area contributed by atoms with Gasteiger partial charge in [0.05, 0.1) is 9.95 Å². The first kappa shape index (κ1) is 10.3. The van der Waals surface area contributed by atoms with E-state index in [0.717, 1.165) is 17.5 Å². The van der Waals surface area contributed by atoms with E-state index in [2.05, 4.69) is 5.10 Å². The summed E-state index contributed by atoms with van der Waals surface area (Å²) in [6.45, 7) is 0.649. The van der Waals surface area contributed by atoms with E-state index in [0.29, 0.717) is 17.3 Å². The van der Waals surface area contributed by atoms with Crippen LogP contribution in [0.5, 0.6) is 0 Å². The van der Waals surface area contributed by atoms with E-state index in [4.69, 9.17) is 11.6 Å². The fraction of sp³-hybridized carbons (Fsp3) is 0.182. The van der Waals surface area contributed by atoms with Crippen molar-refractivity contribution in [2.45, 2.75) is 13.0 Å². The molecule has 2 heterocycles. The van der Waals surface area contributed by atoms with Gasteiger partial charge in [-0.05, 0) is 18.1 Å². The lowest BCUT2D eigenvalue weighted by atomic mass is 9.98. The zero-order valence-corrected chi connectivity index (χ0v) is 9.52. The predicted molar refractivity (Wildman–Crippen MR) is 63.0 cm³/mol. The van der Waals surface area contributed by atoms with Gasteiger partial charge in [-0.15, -0.1) is 0 Å². The van der Waals surface area contributed by atoms with Crippen LogP contribution < -0.4 is 0 Å². The molecule has 0 bridgehead atoms. The molecule has 17 heavy (non-hydrogen) atoms. The molecule has 3 rings (SSSR count). The van der Waals surface area contributed by atoms with E-state index in [-0.39, 0.29) is 5.69 Å². The Bertz CT molecular complexity index is 621. The molecule has 5 nitrogen and oxygen atoms in total. The van der Waals surface area contributed by atoms with Crippen molar-refractivity contribution >= 4 is 17.3 Å². The Balaban J connectivity index is 2.34. The first-order valence-electron chi connectivity index (χ1n) is 5.16. The second-order valence-corrected chi connectivity index (χ2v) is 4.29. The summed E-state index contributed by atoms with van der Waals surface area (Å²) in [6, 6.07) is 5.55. The number of aromatic nitrogens is 2. The highest BCUT2D eigenvalue weighted by Crippen LogP contribution is 2.39. The summed E-state index contributed by atoms with van der Waals surface area (Å²) in [5, 5.41) is 15.5. The molecule has 1 aromatic carbocycles. The Kier molecular flexibility index (Phi) is 2.16. The quantitative estimate of drug-likeness (QED) is 0.577. The van der Waals surface area contributed by atoms with Crippen molar-refractivity contribution in [2.24, 2.45) is 0 Å². The van der Waals surface area contributed by atoms with Crippen molar-refractivity contribution in [1.82, 2.24) is 9.78 Å². The highest BCUT2D eigenvalue weighted by molar-refractivity contribution is 6.33. The number of benzene rings is 1. The maximum Gasteiger partial charge on any atom is 0.314 e. The van der Waals surface area contributed by atoms with Gasteiger partial charge < -0.3 is 0 Å². The van der Waals surface area contributed by atoms with Gasteiger partial charge in [0.25, 0.3) is 0 Å². The van der Waals surface area contributed by atoms with Crippen LogP contribution in [0.15, 0.2) is 24.4 Å². The molecule has 1 aromatic heterocycles. The number of rotatable bonds is 1. The van der Waals surface area contributed by atoms with Gasteiger partial charge >= 0.3 is 5.69 Å². The van der Waals surface area contributed by atoms with Crippen LogP contribution in [0, 0.1) is 10.1 Å². The largest absolute Gasteiger partial charge is 0.314 e. The van der Waals surface area contributed by atoms with E-state index in [1.165, 1.54) is 6.20 Å². The van der Waals surface area contributed by atoms with Gasteiger partial charge in [-0.25, -0.2) is 0 Å². The van der Waals surface area contributed by atoms with Crippen LogP contribution in [0.2, 0.25) is 5.02 Å². The van der Waals surface area contributed by atoms with Gasteiger partial charge in [0, 0.05) is 12.1 Å². The molecule has 1 aliphatic rings. The zero-order valence-electron chi connectivity index (χ0n) is 8.76. The standard InChI is InChI=1S/C11H8ClN3O2/c12-8-3-1-2-7-4-5-14-11(10(7)8)9(6-13-14)15(16)17/h1-3,6H,4-5H2. The van der Waals surface area contributed by atoms with E-state index < -0.39 is 4.92 Å². The smallest absolute Gasteiger partial charge is 0.258 e. The van der Waals surface area contributed by atoms with E-state index >= 15 is 0 Å².